The zero-order valence-corrected chi connectivity index (χ0v) is 15.1. The number of unbranched alkanes of at least 4 members (excludes halogenated alkanes) is 1. The predicted octanol–water partition coefficient (Wildman–Crippen LogP) is 2.58. The maximum absolute atomic E-state index is 12.1. The van der Waals surface area contributed by atoms with Crippen molar-refractivity contribution in [3.05, 3.63) is 23.8 Å². The van der Waals surface area contributed by atoms with Crippen molar-refractivity contribution in [3.63, 3.8) is 0 Å². The van der Waals surface area contributed by atoms with Crippen molar-refractivity contribution >= 4 is 11.8 Å². The Labute approximate surface area is 143 Å². The smallest absolute Gasteiger partial charge is 0.242 e. The third-order valence-corrected chi connectivity index (χ3v) is 3.61. The van der Waals surface area contributed by atoms with Gasteiger partial charge in [0.05, 0.1) is 19.8 Å². The average molecular weight is 336 g/mol. The van der Waals surface area contributed by atoms with Crippen molar-refractivity contribution in [2.45, 2.75) is 52.6 Å². The number of amides is 2. The standard InChI is InChI=1S/C18H28N2O4/c1-6-7-10-24-16-9-8-15(11-17(16)23-5)12(2)20-18(22)13(3)19-14(4)21/h8-9,11-13H,6-7,10H2,1-5H3,(H,19,21)(H,20,22). The number of rotatable bonds is 9. The van der Waals surface area contributed by atoms with Gasteiger partial charge >= 0.3 is 0 Å². The molecule has 0 saturated carbocycles. The molecule has 6 nitrogen and oxygen atoms in total. The molecule has 0 radical (unpaired) electrons. The summed E-state index contributed by atoms with van der Waals surface area (Å²) in [6.45, 7) is 7.66. The average Bonchev–Trinajstić information content (AvgIpc) is 2.54. The predicted molar refractivity (Wildman–Crippen MR) is 93.2 cm³/mol. The van der Waals surface area contributed by atoms with Crippen LogP contribution in [-0.2, 0) is 9.59 Å². The highest BCUT2D eigenvalue weighted by atomic mass is 16.5. The van der Waals surface area contributed by atoms with Crippen LogP contribution in [0.4, 0.5) is 0 Å². The van der Waals surface area contributed by atoms with Crippen LogP contribution in [0.1, 0.15) is 52.1 Å². The van der Waals surface area contributed by atoms with Gasteiger partial charge in [-0.15, -0.1) is 0 Å². The van der Waals surface area contributed by atoms with Gasteiger partial charge in [0.25, 0.3) is 0 Å². The largest absolute Gasteiger partial charge is 0.493 e. The van der Waals surface area contributed by atoms with Crippen molar-refractivity contribution in [1.29, 1.82) is 0 Å². The quantitative estimate of drug-likeness (QED) is 0.680. The highest BCUT2D eigenvalue weighted by Gasteiger charge is 2.18. The zero-order chi connectivity index (χ0) is 18.1. The van der Waals surface area contributed by atoms with E-state index in [4.69, 9.17) is 9.47 Å². The second kappa shape index (κ2) is 9.80. The minimum absolute atomic E-state index is 0.215. The van der Waals surface area contributed by atoms with Crippen LogP contribution < -0.4 is 20.1 Å². The lowest BCUT2D eigenvalue weighted by Gasteiger charge is -2.19. The third kappa shape index (κ3) is 6.10. The molecule has 134 valence electrons. The fourth-order valence-electron chi connectivity index (χ4n) is 2.19. The number of methoxy groups -OCH3 is 1. The Morgan fingerprint density at radius 2 is 1.88 bits per heavy atom. The first-order chi connectivity index (χ1) is 11.4. The van der Waals surface area contributed by atoms with Crippen molar-refractivity contribution < 1.29 is 19.1 Å². The van der Waals surface area contributed by atoms with Crippen molar-refractivity contribution in [2.24, 2.45) is 0 Å². The van der Waals surface area contributed by atoms with E-state index in [-0.39, 0.29) is 17.9 Å². The minimum atomic E-state index is -0.580. The molecular weight excluding hydrogens is 308 g/mol. The van der Waals surface area contributed by atoms with Gasteiger partial charge in [0, 0.05) is 6.92 Å². The fourth-order valence-corrected chi connectivity index (χ4v) is 2.19. The van der Waals surface area contributed by atoms with Crippen LogP contribution in [0.5, 0.6) is 11.5 Å². The van der Waals surface area contributed by atoms with Crippen LogP contribution in [0.2, 0.25) is 0 Å². The number of nitrogens with one attached hydrogen (secondary N) is 2. The molecule has 0 bridgehead atoms. The maximum Gasteiger partial charge on any atom is 0.242 e. The molecule has 0 aromatic heterocycles. The van der Waals surface area contributed by atoms with E-state index >= 15 is 0 Å². The zero-order valence-electron chi connectivity index (χ0n) is 15.1. The minimum Gasteiger partial charge on any atom is -0.493 e. The fraction of sp³-hybridized carbons (Fsp3) is 0.556. The van der Waals surface area contributed by atoms with E-state index in [0.29, 0.717) is 18.1 Å². The number of ether oxygens (including phenoxy) is 2. The molecule has 0 aliphatic rings. The molecule has 1 aromatic carbocycles. The molecule has 0 aliphatic carbocycles. The number of benzene rings is 1. The van der Waals surface area contributed by atoms with E-state index < -0.39 is 6.04 Å². The summed E-state index contributed by atoms with van der Waals surface area (Å²) in [4.78, 5) is 23.1. The summed E-state index contributed by atoms with van der Waals surface area (Å²) in [6.07, 6.45) is 2.05. The lowest BCUT2D eigenvalue weighted by molar-refractivity contribution is -0.128. The van der Waals surface area contributed by atoms with Crippen LogP contribution in [0.15, 0.2) is 18.2 Å². The van der Waals surface area contributed by atoms with Gasteiger partial charge in [-0.25, -0.2) is 0 Å². The summed E-state index contributed by atoms with van der Waals surface area (Å²) in [5, 5.41) is 5.44. The van der Waals surface area contributed by atoms with E-state index in [1.807, 2.05) is 25.1 Å². The topological polar surface area (TPSA) is 76.7 Å². The lowest BCUT2D eigenvalue weighted by atomic mass is 10.1. The van der Waals surface area contributed by atoms with Crippen molar-refractivity contribution in [3.8, 4) is 11.5 Å². The van der Waals surface area contributed by atoms with E-state index in [1.54, 1.807) is 14.0 Å². The molecule has 2 atom stereocenters. The van der Waals surface area contributed by atoms with E-state index in [2.05, 4.69) is 17.6 Å². The van der Waals surface area contributed by atoms with Gasteiger partial charge in [-0.1, -0.05) is 19.4 Å². The molecule has 2 amide bonds. The summed E-state index contributed by atoms with van der Waals surface area (Å²) >= 11 is 0. The van der Waals surface area contributed by atoms with Crippen LogP contribution in [0.3, 0.4) is 0 Å². The molecule has 0 spiro atoms. The van der Waals surface area contributed by atoms with Gasteiger partial charge in [-0.05, 0) is 38.0 Å². The first-order valence-corrected chi connectivity index (χ1v) is 8.27. The van der Waals surface area contributed by atoms with Crippen LogP contribution >= 0.6 is 0 Å². The van der Waals surface area contributed by atoms with Gasteiger partial charge in [0.15, 0.2) is 11.5 Å². The van der Waals surface area contributed by atoms with E-state index in [0.717, 1.165) is 18.4 Å². The molecule has 0 aliphatic heterocycles. The SMILES string of the molecule is CCCCOc1ccc(C(C)NC(=O)C(C)NC(C)=O)cc1OC. The van der Waals surface area contributed by atoms with Gasteiger partial charge in [0.2, 0.25) is 11.8 Å². The monoisotopic (exact) mass is 336 g/mol. The van der Waals surface area contributed by atoms with Crippen molar-refractivity contribution in [1.82, 2.24) is 10.6 Å². The summed E-state index contributed by atoms with van der Waals surface area (Å²) in [5.41, 5.74) is 0.901. The molecule has 2 unspecified atom stereocenters. The molecule has 0 fully saturated rings. The number of hydrogen-bond acceptors (Lipinski definition) is 4. The molecule has 1 rings (SSSR count). The van der Waals surface area contributed by atoms with Gasteiger partial charge in [0.1, 0.15) is 6.04 Å². The Kier molecular flexibility index (Phi) is 8.09. The first-order valence-electron chi connectivity index (χ1n) is 8.27. The second-order valence-electron chi connectivity index (χ2n) is 5.76. The Balaban J connectivity index is 2.74. The number of carbonyl (C=O) groups is 2. The summed E-state index contributed by atoms with van der Waals surface area (Å²) in [6, 6.07) is 4.81. The Hall–Kier alpha value is -2.24. The van der Waals surface area contributed by atoms with E-state index in [9.17, 15) is 9.59 Å². The third-order valence-electron chi connectivity index (χ3n) is 3.61. The molecule has 1 aromatic rings. The Morgan fingerprint density at radius 1 is 1.17 bits per heavy atom. The normalized spacial score (nSPS) is 12.9. The van der Waals surface area contributed by atoms with Crippen molar-refractivity contribution in [2.75, 3.05) is 13.7 Å². The Morgan fingerprint density at radius 3 is 2.46 bits per heavy atom. The highest BCUT2D eigenvalue weighted by molar-refractivity contribution is 5.86. The first kappa shape index (κ1) is 19.8. The molecule has 0 heterocycles. The highest BCUT2D eigenvalue weighted by Crippen LogP contribution is 2.30. The van der Waals surface area contributed by atoms with Gasteiger partial charge < -0.3 is 20.1 Å². The molecule has 6 heteroatoms. The van der Waals surface area contributed by atoms with E-state index in [1.165, 1.54) is 6.92 Å². The lowest BCUT2D eigenvalue weighted by Crippen LogP contribution is -2.44. The van der Waals surface area contributed by atoms with Crippen LogP contribution in [-0.4, -0.2) is 31.6 Å². The molecule has 24 heavy (non-hydrogen) atoms. The molecule has 0 saturated heterocycles. The second-order valence-corrected chi connectivity index (χ2v) is 5.76. The summed E-state index contributed by atoms with van der Waals surface area (Å²) < 4.78 is 11.1. The Bertz CT molecular complexity index is 560. The van der Waals surface area contributed by atoms with Crippen LogP contribution in [0.25, 0.3) is 0 Å². The van der Waals surface area contributed by atoms with Crippen LogP contribution in [0, 0.1) is 0 Å². The maximum atomic E-state index is 12.1. The van der Waals surface area contributed by atoms with Gasteiger partial charge in [-0.3, -0.25) is 9.59 Å². The summed E-state index contributed by atoms with van der Waals surface area (Å²) in [5.74, 6) is 0.861. The number of hydrogen-bond donors (Lipinski definition) is 2. The number of carbonyl (C=O) groups excluding carboxylic acids is 2. The molecular formula is C18H28N2O4. The molecule has 2 N–H and O–H groups in total. The summed E-state index contributed by atoms with van der Waals surface area (Å²) in [7, 11) is 1.59. The van der Waals surface area contributed by atoms with Gasteiger partial charge in [-0.2, -0.15) is 0 Å².